The van der Waals surface area contributed by atoms with E-state index in [0.717, 1.165) is 6.61 Å². The van der Waals surface area contributed by atoms with E-state index in [4.69, 9.17) is 4.74 Å². The van der Waals surface area contributed by atoms with E-state index in [1.54, 1.807) is 7.11 Å². The van der Waals surface area contributed by atoms with Crippen LogP contribution in [0.4, 0.5) is 0 Å². The van der Waals surface area contributed by atoms with Gasteiger partial charge >= 0.3 is 0 Å². The molecule has 3 heteroatoms. The van der Waals surface area contributed by atoms with E-state index in [-0.39, 0.29) is 0 Å². The Balaban J connectivity index is 2.27. The van der Waals surface area contributed by atoms with Crippen molar-refractivity contribution in [3.63, 3.8) is 0 Å². The molecule has 1 aliphatic heterocycles. The standard InChI is InChI=1S/C8H17NOS/c1-7-3-4-11-6-8(9-7)5-10-2/h7-9H,3-6H2,1-2H3. The Labute approximate surface area is 73.1 Å². The number of methoxy groups -OCH3 is 1. The molecule has 0 spiro atoms. The third-order valence-corrected chi connectivity index (χ3v) is 3.06. The van der Waals surface area contributed by atoms with Gasteiger partial charge in [-0.15, -0.1) is 0 Å². The van der Waals surface area contributed by atoms with Gasteiger partial charge in [0, 0.05) is 24.9 Å². The third kappa shape index (κ3) is 3.45. The van der Waals surface area contributed by atoms with Crippen molar-refractivity contribution >= 4 is 11.8 Å². The summed E-state index contributed by atoms with van der Waals surface area (Å²) in [7, 11) is 1.77. The molecule has 0 aromatic carbocycles. The maximum Gasteiger partial charge on any atom is 0.0623 e. The van der Waals surface area contributed by atoms with Crippen LogP contribution in [-0.4, -0.2) is 37.3 Å². The molecule has 0 aliphatic carbocycles. The molecular formula is C8H17NOS. The maximum atomic E-state index is 5.11. The molecule has 0 saturated carbocycles. The van der Waals surface area contributed by atoms with Crippen LogP contribution in [0, 0.1) is 0 Å². The van der Waals surface area contributed by atoms with Gasteiger partial charge in [0.15, 0.2) is 0 Å². The van der Waals surface area contributed by atoms with E-state index >= 15 is 0 Å². The highest BCUT2D eigenvalue weighted by Gasteiger charge is 2.15. The predicted octanol–water partition coefficient (Wildman–Crippen LogP) is 1.12. The normalized spacial score (nSPS) is 33.3. The predicted molar refractivity (Wildman–Crippen MR) is 50.2 cm³/mol. The van der Waals surface area contributed by atoms with Crippen LogP contribution >= 0.6 is 11.8 Å². The first-order chi connectivity index (χ1) is 5.33. The molecule has 1 aliphatic rings. The summed E-state index contributed by atoms with van der Waals surface area (Å²) >= 11 is 2.03. The zero-order chi connectivity index (χ0) is 8.10. The second-order valence-electron chi connectivity index (χ2n) is 3.08. The van der Waals surface area contributed by atoms with Gasteiger partial charge in [-0.3, -0.25) is 0 Å². The van der Waals surface area contributed by atoms with Crippen LogP contribution < -0.4 is 5.32 Å². The van der Waals surface area contributed by atoms with Crippen LogP contribution in [0.25, 0.3) is 0 Å². The molecule has 0 bridgehead atoms. The lowest BCUT2D eigenvalue weighted by Gasteiger charge is -2.17. The Kier molecular flexibility index (Phi) is 4.26. The van der Waals surface area contributed by atoms with Crippen molar-refractivity contribution in [2.75, 3.05) is 25.2 Å². The van der Waals surface area contributed by atoms with Gasteiger partial charge in [-0.25, -0.2) is 0 Å². The lowest BCUT2D eigenvalue weighted by atomic mass is 10.2. The minimum atomic E-state index is 0.558. The Bertz CT molecular complexity index is 110. The van der Waals surface area contributed by atoms with Gasteiger partial charge in [-0.1, -0.05) is 0 Å². The first-order valence-electron chi connectivity index (χ1n) is 4.15. The zero-order valence-electron chi connectivity index (χ0n) is 7.30. The summed E-state index contributed by atoms with van der Waals surface area (Å²) in [6.07, 6.45) is 1.28. The highest BCUT2D eigenvalue weighted by atomic mass is 32.2. The van der Waals surface area contributed by atoms with Crippen molar-refractivity contribution in [2.45, 2.75) is 25.4 Å². The van der Waals surface area contributed by atoms with Crippen LogP contribution in [-0.2, 0) is 4.74 Å². The topological polar surface area (TPSA) is 21.3 Å². The molecule has 0 aromatic rings. The molecule has 2 unspecified atom stereocenters. The molecule has 2 atom stereocenters. The van der Waals surface area contributed by atoms with E-state index in [0.29, 0.717) is 12.1 Å². The number of rotatable bonds is 2. The summed E-state index contributed by atoms with van der Waals surface area (Å²) in [6.45, 7) is 3.09. The van der Waals surface area contributed by atoms with Gasteiger partial charge in [0.1, 0.15) is 0 Å². The van der Waals surface area contributed by atoms with Crippen molar-refractivity contribution in [2.24, 2.45) is 0 Å². The van der Waals surface area contributed by atoms with Gasteiger partial charge in [0.2, 0.25) is 0 Å². The Morgan fingerprint density at radius 1 is 1.64 bits per heavy atom. The monoisotopic (exact) mass is 175 g/mol. The summed E-state index contributed by atoms with van der Waals surface area (Å²) in [5, 5.41) is 3.53. The quantitative estimate of drug-likeness (QED) is 0.679. The molecule has 2 nitrogen and oxygen atoms in total. The number of nitrogens with one attached hydrogen (secondary N) is 1. The molecule has 66 valence electrons. The van der Waals surface area contributed by atoms with E-state index in [1.165, 1.54) is 17.9 Å². The molecular weight excluding hydrogens is 158 g/mol. The number of hydrogen-bond acceptors (Lipinski definition) is 3. The van der Waals surface area contributed by atoms with E-state index in [1.807, 2.05) is 11.8 Å². The average molecular weight is 175 g/mol. The van der Waals surface area contributed by atoms with Gasteiger partial charge < -0.3 is 10.1 Å². The van der Waals surface area contributed by atoms with Crippen LogP contribution in [0.3, 0.4) is 0 Å². The summed E-state index contributed by atoms with van der Waals surface area (Å²) in [5.41, 5.74) is 0. The summed E-state index contributed by atoms with van der Waals surface area (Å²) in [4.78, 5) is 0. The van der Waals surface area contributed by atoms with Gasteiger partial charge in [0.25, 0.3) is 0 Å². The van der Waals surface area contributed by atoms with Crippen LogP contribution in [0.5, 0.6) is 0 Å². The molecule has 0 amide bonds. The van der Waals surface area contributed by atoms with Crippen molar-refractivity contribution in [3.05, 3.63) is 0 Å². The number of ether oxygens (including phenoxy) is 1. The third-order valence-electron chi connectivity index (χ3n) is 1.90. The van der Waals surface area contributed by atoms with Crippen molar-refractivity contribution in [1.82, 2.24) is 5.32 Å². The Morgan fingerprint density at radius 3 is 3.18 bits per heavy atom. The molecule has 1 fully saturated rings. The molecule has 0 radical (unpaired) electrons. The fourth-order valence-corrected chi connectivity index (χ4v) is 2.48. The first kappa shape index (κ1) is 9.36. The lowest BCUT2D eigenvalue weighted by molar-refractivity contribution is 0.169. The highest BCUT2D eigenvalue weighted by Crippen LogP contribution is 2.12. The summed E-state index contributed by atoms with van der Waals surface area (Å²) < 4.78 is 5.11. The van der Waals surface area contributed by atoms with Crippen LogP contribution in [0.1, 0.15) is 13.3 Å². The molecule has 1 heterocycles. The zero-order valence-corrected chi connectivity index (χ0v) is 8.12. The van der Waals surface area contributed by atoms with Gasteiger partial charge in [0.05, 0.1) is 6.61 Å². The molecule has 1 saturated heterocycles. The van der Waals surface area contributed by atoms with Crippen LogP contribution in [0.2, 0.25) is 0 Å². The second kappa shape index (κ2) is 5.01. The average Bonchev–Trinajstić information content (AvgIpc) is 2.15. The molecule has 11 heavy (non-hydrogen) atoms. The fourth-order valence-electron chi connectivity index (χ4n) is 1.32. The van der Waals surface area contributed by atoms with E-state index in [2.05, 4.69) is 12.2 Å². The lowest BCUT2D eigenvalue weighted by Crippen LogP contribution is -2.39. The molecule has 1 rings (SSSR count). The second-order valence-corrected chi connectivity index (χ2v) is 4.23. The Morgan fingerprint density at radius 2 is 2.45 bits per heavy atom. The van der Waals surface area contributed by atoms with Crippen molar-refractivity contribution in [1.29, 1.82) is 0 Å². The van der Waals surface area contributed by atoms with E-state index < -0.39 is 0 Å². The van der Waals surface area contributed by atoms with Gasteiger partial charge in [-0.2, -0.15) is 11.8 Å². The van der Waals surface area contributed by atoms with Crippen molar-refractivity contribution in [3.8, 4) is 0 Å². The highest BCUT2D eigenvalue weighted by molar-refractivity contribution is 7.99. The minimum absolute atomic E-state index is 0.558. The first-order valence-corrected chi connectivity index (χ1v) is 5.31. The number of hydrogen-bond donors (Lipinski definition) is 1. The summed E-state index contributed by atoms with van der Waals surface area (Å²) in [6, 6.07) is 1.22. The minimum Gasteiger partial charge on any atom is -0.383 e. The smallest absolute Gasteiger partial charge is 0.0623 e. The van der Waals surface area contributed by atoms with Crippen LogP contribution in [0.15, 0.2) is 0 Å². The van der Waals surface area contributed by atoms with E-state index in [9.17, 15) is 0 Å². The number of thioether (sulfide) groups is 1. The fraction of sp³-hybridized carbons (Fsp3) is 1.00. The largest absolute Gasteiger partial charge is 0.383 e. The van der Waals surface area contributed by atoms with Gasteiger partial charge in [-0.05, 0) is 19.1 Å². The molecule has 1 N–H and O–H groups in total. The maximum absolute atomic E-state index is 5.11. The summed E-state index contributed by atoms with van der Waals surface area (Å²) in [5.74, 6) is 2.48. The van der Waals surface area contributed by atoms with Crippen molar-refractivity contribution < 1.29 is 4.74 Å². The molecule has 0 aromatic heterocycles. The Hall–Kier alpha value is 0.270. The SMILES string of the molecule is COCC1CSCCC(C)N1.